The standard InChI is InChI=1S/C20H27N5O2/c1-23-10-3-4-17(23)19-22-21-18-9-11-24(12-13-25(18)19)20(26)16-7-5-15(6-8-16)14-27-2/h5-8,17H,3-4,9-14H2,1-2H3/t17-/m0/s1. The summed E-state index contributed by atoms with van der Waals surface area (Å²) < 4.78 is 7.37. The summed E-state index contributed by atoms with van der Waals surface area (Å²) in [6.45, 7) is 3.79. The van der Waals surface area contributed by atoms with E-state index in [2.05, 4.69) is 26.7 Å². The first-order valence-corrected chi connectivity index (χ1v) is 9.66. The third-order valence-corrected chi connectivity index (χ3v) is 5.67. The first-order valence-electron chi connectivity index (χ1n) is 9.66. The minimum Gasteiger partial charge on any atom is -0.380 e. The summed E-state index contributed by atoms with van der Waals surface area (Å²) in [6.07, 6.45) is 3.08. The smallest absolute Gasteiger partial charge is 0.253 e. The fourth-order valence-electron chi connectivity index (χ4n) is 4.12. The van der Waals surface area contributed by atoms with Crippen molar-refractivity contribution in [2.45, 2.75) is 38.5 Å². The SMILES string of the molecule is COCc1ccc(C(=O)N2CCc3nnc([C@@H]4CCCN4C)n3CC2)cc1. The molecule has 0 saturated carbocycles. The fraction of sp³-hybridized carbons (Fsp3) is 0.550. The third-order valence-electron chi connectivity index (χ3n) is 5.67. The molecular formula is C20H27N5O2. The van der Waals surface area contributed by atoms with E-state index >= 15 is 0 Å². The lowest BCUT2D eigenvalue weighted by atomic mass is 10.1. The van der Waals surface area contributed by atoms with Gasteiger partial charge in [0.15, 0.2) is 0 Å². The number of amides is 1. The number of hydrogen-bond donors (Lipinski definition) is 0. The van der Waals surface area contributed by atoms with E-state index in [-0.39, 0.29) is 5.91 Å². The van der Waals surface area contributed by atoms with Gasteiger partial charge in [-0.2, -0.15) is 0 Å². The molecule has 27 heavy (non-hydrogen) atoms. The Bertz CT molecular complexity index is 801. The van der Waals surface area contributed by atoms with Crippen LogP contribution in [0.4, 0.5) is 0 Å². The maximum atomic E-state index is 12.9. The summed E-state index contributed by atoms with van der Waals surface area (Å²) in [5, 5.41) is 8.91. The van der Waals surface area contributed by atoms with Gasteiger partial charge < -0.3 is 14.2 Å². The average molecular weight is 369 g/mol. The molecule has 2 aromatic rings. The van der Waals surface area contributed by atoms with Crippen molar-refractivity contribution in [3.8, 4) is 0 Å². The van der Waals surface area contributed by atoms with Gasteiger partial charge in [-0.1, -0.05) is 12.1 Å². The number of rotatable bonds is 4. The van der Waals surface area contributed by atoms with E-state index in [1.165, 1.54) is 6.42 Å². The number of methoxy groups -OCH3 is 1. The molecule has 0 bridgehead atoms. The lowest BCUT2D eigenvalue weighted by Gasteiger charge is -2.22. The van der Waals surface area contributed by atoms with Crippen LogP contribution >= 0.6 is 0 Å². The van der Waals surface area contributed by atoms with E-state index in [1.54, 1.807) is 7.11 Å². The van der Waals surface area contributed by atoms with Gasteiger partial charge in [0.2, 0.25) is 0 Å². The Morgan fingerprint density at radius 1 is 1.15 bits per heavy atom. The second-order valence-electron chi connectivity index (χ2n) is 7.44. The summed E-state index contributed by atoms with van der Waals surface area (Å²) in [5.41, 5.74) is 1.80. The van der Waals surface area contributed by atoms with Crippen molar-refractivity contribution >= 4 is 5.91 Å². The minimum atomic E-state index is 0.0808. The van der Waals surface area contributed by atoms with Crippen LogP contribution < -0.4 is 0 Å². The normalized spacial score (nSPS) is 20.5. The zero-order valence-electron chi connectivity index (χ0n) is 16.1. The zero-order chi connectivity index (χ0) is 18.8. The molecule has 1 saturated heterocycles. The van der Waals surface area contributed by atoms with Crippen LogP contribution in [0.2, 0.25) is 0 Å². The highest BCUT2D eigenvalue weighted by atomic mass is 16.5. The maximum Gasteiger partial charge on any atom is 0.253 e. The van der Waals surface area contributed by atoms with Gasteiger partial charge in [-0.05, 0) is 44.1 Å². The lowest BCUT2D eigenvalue weighted by Crippen LogP contribution is -2.34. The average Bonchev–Trinajstić information content (AvgIpc) is 3.21. The Morgan fingerprint density at radius 3 is 2.67 bits per heavy atom. The van der Waals surface area contributed by atoms with Crippen molar-refractivity contribution in [3.63, 3.8) is 0 Å². The number of aromatic nitrogens is 3. The summed E-state index contributed by atoms with van der Waals surface area (Å²) in [5.74, 6) is 2.14. The molecule has 0 radical (unpaired) electrons. The quantitative estimate of drug-likeness (QED) is 0.824. The van der Waals surface area contributed by atoms with Crippen molar-refractivity contribution in [1.82, 2.24) is 24.6 Å². The van der Waals surface area contributed by atoms with Gasteiger partial charge in [0.25, 0.3) is 5.91 Å². The highest BCUT2D eigenvalue weighted by Crippen LogP contribution is 2.30. The van der Waals surface area contributed by atoms with Crippen LogP contribution in [0.15, 0.2) is 24.3 Å². The van der Waals surface area contributed by atoms with E-state index in [0.29, 0.717) is 25.7 Å². The Hall–Kier alpha value is -2.25. The van der Waals surface area contributed by atoms with Crippen LogP contribution in [0, 0.1) is 0 Å². The van der Waals surface area contributed by atoms with Crippen LogP contribution in [0.5, 0.6) is 0 Å². The van der Waals surface area contributed by atoms with Crippen LogP contribution in [0.25, 0.3) is 0 Å². The molecule has 1 atom stereocenters. The van der Waals surface area contributed by atoms with Gasteiger partial charge in [0.05, 0.1) is 12.6 Å². The number of carbonyl (C=O) groups is 1. The number of hydrogen-bond acceptors (Lipinski definition) is 5. The van der Waals surface area contributed by atoms with E-state index in [1.807, 2.05) is 29.2 Å². The number of likely N-dealkylation sites (tertiary alicyclic amines) is 1. The van der Waals surface area contributed by atoms with Crippen LogP contribution in [0.3, 0.4) is 0 Å². The predicted octanol–water partition coefficient (Wildman–Crippen LogP) is 1.89. The largest absolute Gasteiger partial charge is 0.380 e. The molecule has 0 unspecified atom stereocenters. The first kappa shape index (κ1) is 18.1. The summed E-state index contributed by atoms with van der Waals surface area (Å²) in [4.78, 5) is 17.2. The molecule has 1 aromatic carbocycles. The van der Waals surface area contributed by atoms with Gasteiger partial charge in [-0.3, -0.25) is 9.69 Å². The van der Waals surface area contributed by atoms with E-state index in [4.69, 9.17) is 4.74 Å². The van der Waals surface area contributed by atoms with Crippen molar-refractivity contribution in [1.29, 1.82) is 0 Å². The Balaban J connectivity index is 1.47. The number of benzene rings is 1. The zero-order valence-corrected chi connectivity index (χ0v) is 16.1. The molecule has 144 valence electrons. The van der Waals surface area contributed by atoms with Gasteiger partial charge in [0, 0.05) is 38.7 Å². The fourth-order valence-corrected chi connectivity index (χ4v) is 4.12. The second-order valence-corrected chi connectivity index (χ2v) is 7.44. The molecule has 0 spiro atoms. The molecule has 3 heterocycles. The number of fused-ring (bicyclic) bond motifs is 1. The second kappa shape index (κ2) is 7.78. The first-order chi connectivity index (χ1) is 13.2. The molecule has 1 fully saturated rings. The molecule has 2 aliphatic heterocycles. The van der Waals surface area contributed by atoms with Crippen LogP contribution in [0.1, 0.15) is 46.5 Å². The minimum absolute atomic E-state index is 0.0808. The van der Waals surface area contributed by atoms with Crippen LogP contribution in [-0.2, 0) is 24.3 Å². The molecule has 7 heteroatoms. The summed E-state index contributed by atoms with van der Waals surface area (Å²) >= 11 is 0. The number of nitrogens with zero attached hydrogens (tertiary/aromatic N) is 5. The Morgan fingerprint density at radius 2 is 1.96 bits per heavy atom. The Labute approximate surface area is 159 Å². The van der Waals surface area contributed by atoms with Gasteiger partial charge >= 0.3 is 0 Å². The van der Waals surface area contributed by atoms with Crippen molar-refractivity contribution in [2.24, 2.45) is 0 Å². The summed E-state index contributed by atoms with van der Waals surface area (Å²) in [6, 6.07) is 8.04. The molecule has 0 aliphatic carbocycles. The highest BCUT2D eigenvalue weighted by Gasteiger charge is 2.30. The summed E-state index contributed by atoms with van der Waals surface area (Å²) in [7, 11) is 3.82. The van der Waals surface area contributed by atoms with Gasteiger partial charge in [-0.25, -0.2) is 0 Å². The lowest BCUT2D eigenvalue weighted by molar-refractivity contribution is 0.0758. The van der Waals surface area contributed by atoms with Gasteiger partial charge in [0.1, 0.15) is 11.6 Å². The van der Waals surface area contributed by atoms with E-state index in [9.17, 15) is 4.79 Å². The molecule has 0 N–H and O–H groups in total. The monoisotopic (exact) mass is 369 g/mol. The third kappa shape index (κ3) is 3.61. The van der Waals surface area contributed by atoms with Crippen LogP contribution in [-0.4, -0.2) is 64.3 Å². The topological polar surface area (TPSA) is 63.5 Å². The molecule has 4 rings (SSSR count). The maximum absolute atomic E-state index is 12.9. The van der Waals surface area contributed by atoms with Crippen molar-refractivity contribution in [2.75, 3.05) is 33.8 Å². The van der Waals surface area contributed by atoms with Gasteiger partial charge in [-0.15, -0.1) is 10.2 Å². The van der Waals surface area contributed by atoms with E-state index < -0.39 is 0 Å². The molecule has 1 aromatic heterocycles. The molecular weight excluding hydrogens is 342 g/mol. The Kier molecular flexibility index (Phi) is 5.22. The number of ether oxygens (including phenoxy) is 1. The van der Waals surface area contributed by atoms with Crippen molar-refractivity contribution < 1.29 is 9.53 Å². The molecule has 1 amide bonds. The highest BCUT2D eigenvalue weighted by molar-refractivity contribution is 5.94. The predicted molar refractivity (Wildman–Crippen MR) is 101 cm³/mol. The number of carbonyl (C=O) groups excluding carboxylic acids is 1. The van der Waals surface area contributed by atoms with E-state index in [0.717, 1.165) is 48.7 Å². The molecule has 2 aliphatic rings. The van der Waals surface area contributed by atoms with Crippen molar-refractivity contribution in [3.05, 3.63) is 47.0 Å². The molecule has 7 nitrogen and oxygen atoms in total.